The van der Waals surface area contributed by atoms with Crippen molar-refractivity contribution < 1.29 is 17.9 Å². The molecule has 184 valence electrons. The van der Waals surface area contributed by atoms with Crippen LogP contribution in [-0.2, 0) is 10.0 Å². The second kappa shape index (κ2) is 10.5. The Bertz CT molecular complexity index is 1110. The van der Waals surface area contributed by atoms with E-state index in [0.29, 0.717) is 19.1 Å². The normalized spacial score (nSPS) is 18.6. The van der Waals surface area contributed by atoms with Gasteiger partial charge in [0.15, 0.2) is 0 Å². The van der Waals surface area contributed by atoms with Crippen LogP contribution in [0.4, 0.5) is 4.79 Å². The zero-order chi connectivity index (χ0) is 24.3. The first-order chi connectivity index (χ1) is 16.2. The second-order valence-electron chi connectivity index (χ2n) is 9.21. The van der Waals surface area contributed by atoms with Crippen molar-refractivity contribution in [2.45, 2.75) is 56.6 Å². The number of hydrogen-bond acceptors (Lipinski definition) is 5. The van der Waals surface area contributed by atoms with Crippen molar-refractivity contribution in [3.63, 3.8) is 0 Å². The van der Waals surface area contributed by atoms with Gasteiger partial charge in [-0.05, 0) is 75.4 Å². The van der Waals surface area contributed by atoms with Gasteiger partial charge in [-0.1, -0.05) is 29.3 Å². The number of ether oxygens (including phenoxy) is 1. The standard InChI is InChI=1S/C25H32ClN3O4S/c1-18-3-6-23(7-4-18)34(31,32)27-25(30)29-13-9-20(10-14-29)28-15-11-21(12-16-28)33-22-5-8-24(26)19(2)17-22/h3-8,17,20-21H,9-16H2,1-2H3,(H,27,30). The lowest BCUT2D eigenvalue weighted by Gasteiger charge is -2.41. The summed E-state index contributed by atoms with van der Waals surface area (Å²) in [5.41, 5.74) is 1.97. The van der Waals surface area contributed by atoms with E-state index in [-0.39, 0.29) is 11.0 Å². The molecule has 2 aromatic rings. The Labute approximate surface area is 207 Å². The molecule has 9 heteroatoms. The van der Waals surface area contributed by atoms with Crippen LogP contribution in [0.25, 0.3) is 0 Å². The Morgan fingerprint density at radius 2 is 1.62 bits per heavy atom. The number of halogens is 1. The Morgan fingerprint density at radius 1 is 0.971 bits per heavy atom. The number of carbonyl (C=O) groups is 1. The summed E-state index contributed by atoms with van der Waals surface area (Å²) in [5, 5.41) is 0.745. The summed E-state index contributed by atoms with van der Waals surface area (Å²) in [4.78, 5) is 16.8. The van der Waals surface area contributed by atoms with E-state index in [1.165, 1.54) is 12.1 Å². The highest BCUT2D eigenvalue weighted by Gasteiger charge is 2.31. The molecule has 2 aliphatic rings. The SMILES string of the molecule is Cc1ccc(S(=O)(=O)NC(=O)N2CCC(N3CCC(Oc4ccc(Cl)c(C)c4)CC3)CC2)cc1. The number of likely N-dealkylation sites (tertiary alicyclic amines) is 2. The molecule has 0 aromatic heterocycles. The highest BCUT2D eigenvalue weighted by Crippen LogP contribution is 2.26. The largest absolute Gasteiger partial charge is 0.490 e. The molecule has 2 amide bonds. The lowest BCUT2D eigenvalue weighted by molar-refractivity contribution is 0.0539. The van der Waals surface area contributed by atoms with Gasteiger partial charge in [-0.25, -0.2) is 17.9 Å². The first-order valence-corrected chi connectivity index (χ1v) is 13.6. The molecule has 34 heavy (non-hydrogen) atoms. The fourth-order valence-corrected chi connectivity index (χ4v) is 5.72. The maximum Gasteiger partial charge on any atom is 0.331 e. The number of piperidine rings is 2. The third kappa shape index (κ3) is 6.03. The predicted octanol–water partition coefficient (Wildman–Crippen LogP) is 4.36. The van der Waals surface area contributed by atoms with Gasteiger partial charge in [0.2, 0.25) is 0 Å². The van der Waals surface area contributed by atoms with Crippen LogP contribution in [0.1, 0.15) is 36.8 Å². The summed E-state index contributed by atoms with van der Waals surface area (Å²) in [6, 6.07) is 12.1. The number of sulfonamides is 1. The summed E-state index contributed by atoms with van der Waals surface area (Å²) in [6.45, 7) is 6.85. The van der Waals surface area contributed by atoms with Crippen molar-refractivity contribution in [3.05, 3.63) is 58.6 Å². The molecule has 2 fully saturated rings. The van der Waals surface area contributed by atoms with Gasteiger partial charge in [0.1, 0.15) is 11.9 Å². The summed E-state index contributed by atoms with van der Waals surface area (Å²) in [7, 11) is -3.87. The Kier molecular flexibility index (Phi) is 7.70. The Hall–Kier alpha value is -2.29. The molecule has 2 aromatic carbocycles. The zero-order valence-corrected chi connectivity index (χ0v) is 21.2. The quantitative estimate of drug-likeness (QED) is 0.653. The lowest BCUT2D eigenvalue weighted by Crippen LogP contribution is -2.52. The molecule has 0 saturated carbocycles. The number of amides is 2. The minimum atomic E-state index is -3.87. The minimum Gasteiger partial charge on any atom is -0.490 e. The van der Waals surface area contributed by atoms with Crippen molar-refractivity contribution in [2.24, 2.45) is 0 Å². The number of carbonyl (C=O) groups excluding carboxylic acids is 1. The molecule has 0 bridgehead atoms. The summed E-state index contributed by atoms with van der Waals surface area (Å²) < 4.78 is 33.4. The molecule has 2 heterocycles. The highest BCUT2D eigenvalue weighted by atomic mass is 35.5. The van der Waals surface area contributed by atoms with Crippen LogP contribution in [0.5, 0.6) is 5.75 Å². The fraction of sp³-hybridized carbons (Fsp3) is 0.480. The number of urea groups is 1. The van der Waals surface area contributed by atoms with Gasteiger partial charge in [-0.2, -0.15) is 0 Å². The molecule has 0 atom stereocenters. The van der Waals surface area contributed by atoms with E-state index < -0.39 is 16.1 Å². The van der Waals surface area contributed by atoms with E-state index >= 15 is 0 Å². The Balaban J connectivity index is 1.23. The summed E-state index contributed by atoms with van der Waals surface area (Å²) in [5.74, 6) is 0.861. The van der Waals surface area contributed by atoms with Gasteiger partial charge in [0.05, 0.1) is 4.90 Å². The molecular weight excluding hydrogens is 474 g/mol. The van der Waals surface area contributed by atoms with Crippen molar-refractivity contribution >= 4 is 27.7 Å². The molecular formula is C25H32ClN3O4S. The molecule has 0 radical (unpaired) electrons. The van der Waals surface area contributed by atoms with Crippen molar-refractivity contribution in [1.29, 1.82) is 0 Å². The minimum absolute atomic E-state index is 0.0974. The first-order valence-electron chi connectivity index (χ1n) is 11.8. The number of hydrogen-bond donors (Lipinski definition) is 1. The summed E-state index contributed by atoms with van der Waals surface area (Å²) in [6.07, 6.45) is 3.77. The maximum atomic E-state index is 12.6. The van der Waals surface area contributed by atoms with Crippen LogP contribution in [0.2, 0.25) is 5.02 Å². The van der Waals surface area contributed by atoms with Gasteiger partial charge in [0.25, 0.3) is 10.0 Å². The lowest BCUT2D eigenvalue weighted by atomic mass is 9.99. The van der Waals surface area contributed by atoms with E-state index in [1.54, 1.807) is 17.0 Å². The van der Waals surface area contributed by atoms with Gasteiger partial charge in [-0.3, -0.25) is 4.90 Å². The fourth-order valence-electron chi connectivity index (χ4n) is 4.63. The van der Waals surface area contributed by atoms with Crippen LogP contribution in [0, 0.1) is 13.8 Å². The molecule has 0 spiro atoms. The van der Waals surface area contributed by atoms with E-state index in [2.05, 4.69) is 9.62 Å². The van der Waals surface area contributed by atoms with Gasteiger partial charge in [0, 0.05) is 37.2 Å². The number of nitrogens with one attached hydrogen (secondary N) is 1. The van der Waals surface area contributed by atoms with Crippen LogP contribution < -0.4 is 9.46 Å². The van der Waals surface area contributed by atoms with E-state index in [4.69, 9.17) is 16.3 Å². The monoisotopic (exact) mass is 505 g/mol. The van der Waals surface area contributed by atoms with Crippen LogP contribution in [0.3, 0.4) is 0 Å². The number of rotatable bonds is 5. The second-order valence-corrected chi connectivity index (χ2v) is 11.3. The average molecular weight is 506 g/mol. The van der Waals surface area contributed by atoms with E-state index in [1.807, 2.05) is 32.0 Å². The van der Waals surface area contributed by atoms with Gasteiger partial charge < -0.3 is 9.64 Å². The molecule has 2 saturated heterocycles. The predicted molar refractivity (Wildman–Crippen MR) is 133 cm³/mol. The molecule has 0 aliphatic carbocycles. The first kappa shape index (κ1) is 24.8. The Morgan fingerprint density at radius 3 is 2.24 bits per heavy atom. The zero-order valence-electron chi connectivity index (χ0n) is 19.7. The number of nitrogens with zero attached hydrogens (tertiary/aromatic N) is 2. The third-order valence-electron chi connectivity index (χ3n) is 6.73. The molecule has 7 nitrogen and oxygen atoms in total. The smallest absolute Gasteiger partial charge is 0.331 e. The van der Waals surface area contributed by atoms with E-state index in [0.717, 1.165) is 60.7 Å². The number of aryl methyl sites for hydroxylation is 2. The average Bonchev–Trinajstić information content (AvgIpc) is 2.82. The van der Waals surface area contributed by atoms with Crippen LogP contribution >= 0.6 is 11.6 Å². The molecule has 4 rings (SSSR count). The maximum absolute atomic E-state index is 12.6. The van der Waals surface area contributed by atoms with Crippen molar-refractivity contribution in [2.75, 3.05) is 26.2 Å². The van der Waals surface area contributed by atoms with Crippen LogP contribution in [0.15, 0.2) is 47.4 Å². The van der Waals surface area contributed by atoms with E-state index in [9.17, 15) is 13.2 Å². The third-order valence-corrected chi connectivity index (χ3v) is 8.49. The highest BCUT2D eigenvalue weighted by molar-refractivity contribution is 7.90. The van der Waals surface area contributed by atoms with Gasteiger partial charge >= 0.3 is 6.03 Å². The topological polar surface area (TPSA) is 79.0 Å². The molecule has 0 unspecified atom stereocenters. The number of benzene rings is 2. The van der Waals surface area contributed by atoms with Crippen molar-refractivity contribution in [3.8, 4) is 5.75 Å². The van der Waals surface area contributed by atoms with Gasteiger partial charge in [-0.15, -0.1) is 0 Å². The molecule has 2 aliphatic heterocycles. The van der Waals surface area contributed by atoms with Crippen molar-refractivity contribution in [1.82, 2.24) is 14.5 Å². The van der Waals surface area contributed by atoms with Crippen LogP contribution in [-0.4, -0.2) is 62.6 Å². The summed E-state index contributed by atoms with van der Waals surface area (Å²) >= 11 is 6.10. The molecule has 1 N–H and O–H groups in total.